The molecule has 1 heterocycles. The summed E-state index contributed by atoms with van der Waals surface area (Å²) in [6, 6.07) is 3.41. The Labute approximate surface area is 116 Å². The molecule has 0 radical (unpaired) electrons. The number of carbonyl (C=O) groups is 1. The van der Waals surface area contributed by atoms with Crippen LogP contribution in [0.1, 0.15) is 31.4 Å². The van der Waals surface area contributed by atoms with Gasteiger partial charge >= 0.3 is 0 Å². The van der Waals surface area contributed by atoms with Crippen LogP contribution in [0.4, 0.5) is 11.5 Å². The Bertz CT molecular complexity index is 514. The average Bonchev–Trinajstić information content (AvgIpc) is 3.18. The zero-order valence-corrected chi connectivity index (χ0v) is 11.4. The van der Waals surface area contributed by atoms with Crippen LogP contribution in [0.5, 0.6) is 0 Å². The van der Waals surface area contributed by atoms with Gasteiger partial charge in [-0.15, -0.1) is 0 Å². The summed E-state index contributed by atoms with van der Waals surface area (Å²) >= 11 is 0. The monoisotopic (exact) mass is 278 g/mol. The highest BCUT2D eigenvalue weighted by Crippen LogP contribution is 2.19. The van der Waals surface area contributed by atoms with Crippen LogP contribution in [0.15, 0.2) is 12.1 Å². The molecule has 0 saturated heterocycles. The predicted octanol–water partition coefficient (Wildman–Crippen LogP) is 1.77. The van der Waals surface area contributed by atoms with E-state index in [1.54, 1.807) is 13.0 Å². The Balaban J connectivity index is 1.72. The highest BCUT2D eigenvalue weighted by molar-refractivity contribution is 5.76. The standard InChI is InChI=1S/C13H18N4O3/c1-9-11(17(19)20)6-7-12(15-9)14-8-2-3-13(18)16-10-4-5-10/h6-7,10H,2-5,8H2,1H3,(H,14,15)(H,16,18). The number of carbonyl (C=O) groups excluding carboxylic acids is 1. The van der Waals surface area contributed by atoms with E-state index in [0.29, 0.717) is 36.9 Å². The van der Waals surface area contributed by atoms with Crippen LogP contribution in [0, 0.1) is 17.0 Å². The molecule has 0 atom stereocenters. The molecule has 7 heteroatoms. The zero-order valence-electron chi connectivity index (χ0n) is 11.4. The Morgan fingerprint density at radius 1 is 1.50 bits per heavy atom. The van der Waals surface area contributed by atoms with E-state index in [-0.39, 0.29) is 11.6 Å². The lowest BCUT2D eigenvalue weighted by atomic mass is 10.3. The number of hydrogen-bond acceptors (Lipinski definition) is 5. The van der Waals surface area contributed by atoms with Gasteiger partial charge in [-0.2, -0.15) is 0 Å². The second kappa shape index (κ2) is 6.31. The lowest BCUT2D eigenvalue weighted by molar-refractivity contribution is -0.385. The number of aryl methyl sites for hydroxylation is 1. The number of amides is 1. The van der Waals surface area contributed by atoms with Gasteiger partial charge in [0.05, 0.1) is 4.92 Å². The summed E-state index contributed by atoms with van der Waals surface area (Å²) in [7, 11) is 0. The van der Waals surface area contributed by atoms with Crippen LogP contribution in [0.3, 0.4) is 0 Å². The van der Waals surface area contributed by atoms with Gasteiger partial charge in [0.2, 0.25) is 5.91 Å². The molecule has 2 N–H and O–H groups in total. The Morgan fingerprint density at radius 3 is 2.85 bits per heavy atom. The van der Waals surface area contributed by atoms with Crippen molar-refractivity contribution >= 4 is 17.4 Å². The Morgan fingerprint density at radius 2 is 2.25 bits per heavy atom. The van der Waals surface area contributed by atoms with Gasteiger partial charge in [-0.05, 0) is 32.3 Å². The molecule has 1 aromatic heterocycles. The van der Waals surface area contributed by atoms with Crippen LogP contribution in [-0.2, 0) is 4.79 Å². The summed E-state index contributed by atoms with van der Waals surface area (Å²) in [6.45, 7) is 2.22. The molecule has 1 aliphatic carbocycles. The Kier molecular flexibility index (Phi) is 4.49. The van der Waals surface area contributed by atoms with Crippen LogP contribution >= 0.6 is 0 Å². The van der Waals surface area contributed by atoms with Gasteiger partial charge in [0, 0.05) is 25.1 Å². The van der Waals surface area contributed by atoms with E-state index in [4.69, 9.17) is 0 Å². The molecule has 108 valence electrons. The zero-order chi connectivity index (χ0) is 14.5. The van der Waals surface area contributed by atoms with Crippen molar-refractivity contribution in [3.8, 4) is 0 Å². The number of nitro groups is 1. The van der Waals surface area contributed by atoms with Gasteiger partial charge in [-0.25, -0.2) is 4.98 Å². The average molecular weight is 278 g/mol. The van der Waals surface area contributed by atoms with Crippen molar-refractivity contribution < 1.29 is 9.72 Å². The molecular weight excluding hydrogens is 260 g/mol. The number of nitrogens with zero attached hydrogens (tertiary/aromatic N) is 2. The van der Waals surface area contributed by atoms with Crippen LogP contribution in [0.25, 0.3) is 0 Å². The minimum Gasteiger partial charge on any atom is -0.370 e. The lowest BCUT2D eigenvalue weighted by Crippen LogP contribution is -2.25. The molecule has 7 nitrogen and oxygen atoms in total. The van der Waals surface area contributed by atoms with E-state index in [0.717, 1.165) is 12.8 Å². The van der Waals surface area contributed by atoms with Crippen molar-refractivity contribution in [3.05, 3.63) is 27.9 Å². The van der Waals surface area contributed by atoms with Crippen molar-refractivity contribution in [1.82, 2.24) is 10.3 Å². The van der Waals surface area contributed by atoms with Gasteiger partial charge in [0.1, 0.15) is 11.5 Å². The van der Waals surface area contributed by atoms with Gasteiger partial charge in [0.25, 0.3) is 5.69 Å². The quantitative estimate of drug-likeness (QED) is 0.450. The van der Waals surface area contributed by atoms with E-state index in [1.165, 1.54) is 6.07 Å². The maximum absolute atomic E-state index is 11.4. The molecule has 20 heavy (non-hydrogen) atoms. The van der Waals surface area contributed by atoms with Gasteiger partial charge in [-0.3, -0.25) is 14.9 Å². The second-order valence-electron chi connectivity index (χ2n) is 4.93. The normalized spacial score (nSPS) is 13.8. The number of aromatic nitrogens is 1. The largest absolute Gasteiger partial charge is 0.370 e. The first-order valence-electron chi connectivity index (χ1n) is 6.71. The summed E-state index contributed by atoms with van der Waals surface area (Å²) in [4.78, 5) is 25.8. The van der Waals surface area contributed by atoms with Gasteiger partial charge in [0.15, 0.2) is 0 Å². The number of rotatable bonds is 7. The molecule has 0 bridgehead atoms. The van der Waals surface area contributed by atoms with E-state index in [2.05, 4.69) is 15.6 Å². The molecule has 1 aromatic rings. The van der Waals surface area contributed by atoms with E-state index in [9.17, 15) is 14.9 Å². The fraction of sp³-hybridized carbons (Fsp3) is 0.538. The first-order valence-corrected chi connectivity index (χ1v) is 6.71. The van der Waals surface area contributed by atoms with Crippen molar-refractivity contribution in [2.75, 3.05) is 11.9 Å². The van der Waals surface area contributed by atoms with E-state index < -0.39 is 4.92 Å². The smallest absolute Gasteiger partial charge is 0.290 e. The fourth-order valence-electron chi connectivity index (χ4n) is 1.84. The first-order chi connectivity index (χ1) is 9.56. The first kappa shape index (κ1) is 14.2. The highest BCUT2D eigenvalue weighted by Gasteiger charge is 2.22. The molecule has 0 aromatic carbocycles. The summed E-state index contributed by atoms with van der Waals surface area (Å²) in [5.74, 6) is 0.679. The SMILES string of the molecule is Cc1nc(NCCCC(=O)NC2CC2)ccc1[N+](=O)[O-]. The number of nitrogens with one attached hydrogen (secondary N) is 2. The highest BCUT2D eigenvalue weighted by atomic mass is 16.6. The molecule has 0 unspecified atom stereocenters. The lowest BCUT2D eigenvalue weighted by Gasteiger charge is -2.07. The topological polar surface area (TPSA) is 97.2 Å². The fourth-order valence-corrected chi connectivity index (χ4v) is 1.84. The second-order valence-corrected chi connectivity index (χ2v) is 4.93. The molecule has 1 saturated carbocycles. The van der Waals surface area contributed by atoms with E-state index in [1.807, 2.05) is 0 Å². The third-order valence-electron chi connectivity index (χ3n) is 3.08. The minimum atomic E-state index is -0.450. The van der Waals surface area contributed by atoms with Crippen molar-refractivity contribution in [1.29, 1.82) is 0 Å². The maximum atomic E-state index is 11.4. The number of anilines is 1. The maximum Gasteiger partial charge on any atom is 0.290 e. The number of hydrogen-bond donors (Lipinski definition) is 2. The minimum absolute atomic E-state index is 0.0133. The summed E-state index contributed by atoms with van der Waals surface area (Å²) in [6.07, 6.45) is 3.37. The molecule has 1 amide bonds. The Hall–Kier alpha value is -2.18. The predicted molar refractivity (Wildman–Crippen MR) is 74.5 cm³/mol. The third kappa shape index (κ3) is 4.18. The van der Waals surface area contributed by atoms with Gasteiger partial charge in [-0.1, -0.05) is 0 Å². The van der Waals surface area contributed by atoms with Crippen LogP contribution in [-0.4, -0.2) is 28.4 Å². The summed E-state index contributed by atoms with van der Waals surface area (Å²) in [5.41, 5.74) is 0.394. The third-order valence-corrected chi connectivity index (χ3v) is 3.08. The molecule has 0 aliphatic heterocycles. The van der Waals surface area contributed by atoms with Crippen LogP contribution < -0.4 is 10.6 Å². The molecule has 1 aliphatic rings. The van der Waals surface area contributed by atoms with Gasteiger partial charge < -0.3 is 10.6 Å². The molecule has 1 fully saturated rings. The number of pyridine rings is 1. The summed E-state index contributed by atoms with van der Waals surface area (Å²) < 4.78 is 0. The van der Waals surface area contributed by atoms with Crippen molar-refractivity contribution in [2.45, 2.75) is 38.6 Å². The summed E-state index contributed by atoms with van der Waals surface area (Å²) in [5, 5.41) is 16.6. The van der Waals surface area contributed by atoms with E-state index >= 15 is 0 Å². The van der Waals surface area contributed by atoms with Crippen molar-refractivity contribution in [3.63, 3.8) is 0 Å². The van der Waals surface area contributed by atoms with Crippen LogP contribution in [0.2, 0.25) is 0 Å². The molecule has 2 rings (SSSR count). The molecule has 0 spiro atoms. The van der Waals surface area contributed by atoms with Crippen molar-refractivity contribution in [2.24, 2.45) is 0 Å². The molecular formula is C13H18N4O3.